The molecule has 0 bridgehead atoms. The molecule has 0 aliphatic heterocycles. The van der Waals surface area contributed by atoms with Crippen molar-refractivity contribution in [2.45, 2.75) is 27.2 Å². The van der Waals surface area contributed by atoms with Crippen molar-refractivity contribution >= 4 is 17.8 Å². The predicted octanol–water partition coefficient (Wildman–Crippen LogP) is -0.0144. The monoisotopic (exact) mass is 244 g/mol. The summed E-state index contributed by atoms with van der Waals surface area (Å²) in [7, 11) is 0. The van der Waals surface area contributed by atoms with Gasteiger partial charge in [0.25, 0.3) is 0 Å². The normalized spacial score (nSPS) is 12.0. The Balaban J connectivity index is 3.89. The van der Waals surface area contributed by atoms with Crippen LogP contribution >= 0.6 is 0 Å². The Kier molecular flexibility index (Phi) is 6.93. The minimum Gasteiger partial charge on any atom is -0.481 e. The number of aliphatic carboxylic acids is 1. The molecule has 0 heterocycles. The van der Waals surface area contributed by atoms with Gasteiger partial charge in [-0.1, -0.05) is 13.8 Å². The summed E-state index contributed by atoms with van der Waals surface area (Å²) < 4.78 is 0. The highest BCUT2D eigenvalue weighted by Gasteiger charge is 2.21. The van der Waals surface area contributed by atoms with Crippen molar-refractivity contribution in [3.8, 4) is 0 Å². The first-order valence-electron chi connectivity index (χ1n) is 5.58. The topological polar surface area (TPSA) is 95.5 Å². The van der Waals surface area contributed by atoms with Crippen LogP contribution in [0.4, 0.5) is 0 Å². The smallest absolute Gasteiger partial charge is 0.308 e. The van der Waals surface area contributed by atoms with Crippen LogP contribution in [0, 0.1) is 11.8 Å². The molecule has 0 fully saturated rings. The van der Waals surface area contributed by atoms with Crippen molar-refractivity contribution in [3.63, 3.8) is 0 Å². The molecule has 17 heavy (non-hydrogen) atoms. The first-order valence-corrected chi connectivity index (χ1v) is 5.58. The highest BCUT2D eigenvalue weighted by Crippen LogP contribution is 2.09. The van der Waals surface area contributed by atoms with Crippen molar-refractivity contribution in [3.05, 3.63) is 0 Å². The number of carboxylic acids is 1. The van der Waals surface area contributed by atoms with Crippen LogP contribution < -0.4 is 10.6 Å². The third kappa shape index (κ3) is 7.32. The molecule has 0 aliphatic carbocycles. The fourth-order valence-corrected chi connectivity index (χ4v) is 1.27. The van der Waals surface area contributed by atoms with Gasteiger partial charge in [-0.25, -0.2) is 0 Å². The lowest BCUT2D eigenvalue weighted by Gasteiger charge is -2.16. The molecule has 6 heteroatoms. The zero-order valence-electron chi connectivity index (χ0n) is 10.4. The second kappa shape index (κ2) is 7.65. The molecule has 0 aliphatic rings. The maximum atomic E-state index is 11.3. The number of carboxylic acid groups (broad SMARTS) is 1. The molecule has 0 rings (SSSR count). The zero-order valence-corrected chi connectivity index (χ0v) is 10.4. The van der Waals surface area contributed by atoms with Gasteiger partial charge in [-0.05, 0) is 5.92 Å². The van der Waals surface area contributed by atoms with E-state index in [0.717, 1.165) is 0 Å². The highest BCUT2D eigenvalue weighted by atomic mass is 16.4. The van der Waals surface area contributed by atoms with E-state index < -0.39 is 11.9 Å². The van der Waals surface area contributed by atoms with E-state index in [1.165, 1.54) is 6.92 Å². The number of nitrogens with one attached hydrogen (secondary N) is 2. The summed E-state index contributed by atoms with van der Waals surface area (Å²) in [6, 6.07) is 0. The number of hydrogen-bond acceptors (Lipinski definition) is 3. The number of carbonyl (C=O) groups excluding carboxylic acids is 2. The van der Waals surface area contributed by atoms with E-state index in [9.17, 15) is 14.4 Å². The quantitative estimate of drug-likeness (QED) is 0.586. The van der Waals surface area contributed by atoms with Crippen LogP contribution in [0.3, 0.4) is 0 Å². The number of carbonyl (C=O) groups is 3. The molecule has 0 saturated carbocycles. The Morgan fingerprint density at radius 3 is 2.18 bits per heavy atom. The summed E-state index contributed by atoms with van der Waals surface area (Å²) in [5, 5.41) is 13.9. The molecule has 0 aromatic rings. The standard InChI is InChI=1S/C11H20N2O4/c1-7(2)9(11(16)17)6-13-10(15)4-5-12-8(3)14/h7,9H,4-6H2,1-3H3,(H,12,14)(H,13,15)(H,16,17). The van der Waals surface area contributed by atoms with E-state index in [1.54, 1.807) is 13.8 Å². The van der Waals surface area contributed by atoms with Crippen LogP contribution in [0.2, 0.25) is 0 Å². The largest absolute Gasteiger partial charge is 0.481 e. The lowest BCUT2D eigenvalue weighted by Crippen LogP contribution is -2.37. The van der Waals surface area contributed by atoms with Gasteiger partial charge in [0.15, 0.2) is 0 Å². The second-order valence-corrected chi connectivity index (χ2v) is 4.23. The fraction of sp³-hybridized carbons (Fsp3) is 0.727. The molecule has 2 amide bonds. The summed E-state index contributed by atoms with van der Waals surface area (Å²) in [5.41, 5.74) is 0. The molecule has 1 atom stereocenters. The Morgan fingerprint density at radius 2 is 1.76 bits per heavy atom. The molecule has 6 nitrogen and oxygen atoms in total. The summed E-state index contributed by atoms with van der Waals surface area (Å²) in [5.74, 6) is -1.99. The molecule has 98 valence electrons. The summed E-state index contributed by atoms with van der Waals surface area (Å²) in [6.45, 7) is 5.34. The highest BCUT2D eigenvalue weighted by molar-refractivity contribution is 5.78. The van der Waals surface area contributed by atoms with Gasteiger partial charge in [0.05, 0.1) is 5.92 Å². The van der Waals surface area contributed by atoms with Gasteiger partial charge in [0.2, 0.25) is 11.8 Å². The SMILES string of the molecule is CC(=O)NCCC(=O)NCC(C(=O)O)C(C)C. The van der Waals surface area contributed by atoms with E-state index in [2.05, 4.69) is 10.6 Å². The van der Waals surface area contributed by atoms with Gasteiger partial charge in [-0.2, -0.15) is 0 Å². The van der Waals surface area contributed by atoms with Crippen molar-refractivity contribution in [1.29, 1.82) is 0 Å². The van der Waals surface area contributed by atoms with Crippen LogP contribution in [0.15, 0.2) is 0 Å². The van der Waals surface area contributed by atoms with Gasteiger partial charge >= 0.3 is 5.97 Å². The van der Waals surface area contributed by atoms with E-state index in [-0.39, 0.29) is 37.2 Å². The fourth-order valence-electron chi connectivity index (χ4n) is 1.27. The lowest BCUT2D eigenvalue weighted by molar-refractivity contribution is -0.143. The molecule has 0 spiro atoms. The van der Waals surface area contributed by atoms with E-state index in [4.69, 9.17) is 5.11 Å². The molecule has 0 saturated heterocycles. The van der Waals surface area contributed by atoms with Gasteiger partial charge in [0, 0.05) is 26.4 Å². The summed E-state index contributed by atoms with van der Waals surface area (Å²) in [4.78, 5) is 32.7. The average Bonchev–Trinajstić information content (AvgIpc) is 2.15. The van der Waals surface area contributed by atoms with E-state index >= 15 is 0 Å². The Morgan fingerprint density at radius 1 is 1.18 bits per heavy atom. The molecular weight excluding hydrogens is 224 g/mol. The Labute approximate surface area is 101 Å². The zero-order chi connectivity index (χ0) is 13.4. The van der Waals surface area contributed by atoms with Gasteiger partial charge in [-0.3, -0.25) is 14.4 Å². The number of amides is 2. The number of hydrogen-bond donors (Lipinski definition) is 3. The van der Waals surface area contributed by atoms with Gasteiger partial charge < -0.3 is 15.7 Å². The molecule has 0 aromatic heterocycles. The van der Waals surface area contributed by atoms with Crippen LogP contribution in [0.1, 0.15) is 27.2 Å². The van der Waals surface area contributed by atoms with Crippen LogP contribution in [-0.2, 0) is 14.4 Å². The Hall–Kier alpha value is -1.59. The third-order valence-corrected chi connectivity index (χ3v) is 2.37. The maximum absolute atomic E-state index is 11.3. The third-order valence-electron chi connectivity index (χ3n) is 2.37. The van der Waals surface area contributed by atoms with Crippen molar-refractivity contribution in [1.82, 2.24) is 10.6 Å². The first kappa shape index (κ1) is 15.4. The minimum absolute atomic E-state index is 0.0388. The molecule has 3 N–H and O–H groups in total. The van der Waals surface area contributed by atoms with E-state index in [0.29, 0.717) is 0 Å². The van der Waals surface area contributed by atoms with Crippen molar-refractivity contribution in [2.24, 2.45) is 11.8 Å². The molecular formula is C11H20N2O4. The minimum atomic E-state index is -0.915. The second-order valence-electron chi connectivity index (χ2n) is 4.23. The van der Waals surface area contributed by atoms with E-state index in [1.807, 2.05) is 0 Å². The van der Waals surface area contributed by atoms with Gasteiger partial charge in [0.1, 0.15) is 0 Å². The van der Waals surface area contributed by atoms with Gasteiger partial charge in [-0.15, -0.1) is 0 Å². The van der Waals surface area contributed by atoms with Crippen LogP contribution in [0.5, 0.6) is 0 Å². The summed E-state index contributed by atoms with van der Waals surface area (Å²) in [6.07, 6.45) is 0.157. The van der Waals surface area contributed by atoms with Crippen LogP contribution in [-0.4, -0.2) is 36.0 Å². The Bertz CT molecular complexity index is 289. The van der Waals surface area contributed by atoms with Crippen molar-refractivity contribution < 1.29 is 19.5 Å². The summed E-state index contributed by atoms with van der Waals surface area (Å²) >= 11 is 0. The predicted molar refractivity (Wildman–Crippen MR) is 62.3 cm³/mol. The molecule has 0 radical (unpaired) electrons. The lowest BCUT2D eigenvalue weighted by atomic mass is 9.96. The number of rotatable bonds is 7. The van der Waals surface area contributed by atoms with Crippen molar-refractivity contribution in [2.75, 3.05) is 13.1 Å². The maximum Gasteiger partial charge on any atom is 0.308 e. The molecule has 0 aromatic carbocycles. The average molecular weight is 244 g/mol. The molecule has 1 unspecified atom stereocenters. The van der Waals surface area contributed by atoms with Crippen LogP contribution in [0.25, 0.3) is 0 Å². The first-order chi connectivity index (χ1) is 7.84.